The van der Waals surface area contributed by atoms with Crippen molar-refractivity contribution in [2.24, 2.45) is 0 Å². The third-order valence-electron chi connectivity index (χ3n) is 3.79. The first-order valence-corrected chi connectivity index (χ1v) is 8.24. The van der Waals surface area contributed by atoms with Gasteiger partial charge in [0, 0.05) is 23.8 Å². The summed E-state index contributed by atoms with van der Waals surface area (Å²) >= 11 is 0.877. The van der Waals surface area contributed by atoms with Crippen molar-refractivity contribution >= 4 is 39.9 Å². The monoisotopic (exact) mass is 349 g/mol. The van der Waals surface area contributed by atoms with Crippen LogP contribution in [0.1, 0.15) is 5.56 Å². The summed E-state index contributed by atoms with van der Waals surface area (Å²) in [5.41, 5.74) is 3.02. The van der Waals surface area contributed by atoms with Gasteiger partial charge in [0.1, 0.15) is 0 Å². The van der Waals surface area contributed by atoms with Crippen molar-refractivity contribution in [1.82, 2.24) is 15.3 Å². The van der Waals surface area contributed by atoms with Gasteiger partial charge in [0.05, 0.1) is 10.4 Å². The Hall–Kier alpha value is -3.19. The topological polar surface area (TPSA) is 91.9 Å². The normalized spacial score (nSPS) is 15.8. The van der Waals surface area contributed by atoms with Crippen LogP contribution in [0.3, 0.4) is 0 Å². The fraction of sp³-hybridized carbons (Fsp3) is 0. The average molecular weight is 349 g/mol. The highest BCUT2D eigenvalue weighted by Gasteiger charge is 2.24. The van der Waals surface area contributed by atoms with Gasteiger partial charge in [0.25, 0.3) is 11.1 Å². The summed E-state index contributed by atoms with van der Waals surface area (Å²) in [7, 11) is 0. The van der Waals surface area contributed by atoms with Crippen LogP contribution < -0.4 is 10.9 Å². The van der Waals surface area contributed by atoms with E-state index < -0.39 is 5.91 Å². The Morgan fingerprint density at radius 3 is 2.68 bits per heavy atom. The average Bonchev–Trinajstić information content (AvgIpc) is 2.91. The highest BCUT2D eigenvalue weighted by molar-refractivity contribution is 8.18. The van der Waals surface area contributed by atoms with E-state index in [9.17, 15) is 14.4 Å². The number of H-pyrrole nitrogens is 1. The lowest BCUT2D eigenvalue weighted by Gasteiger charge is -2.07. The van der Waals surface area contributed by atoms with Crippen LogP contribution in [0.15, 0.2) is 58.5 Å². The Morgan fingerprint density at radius 2 is 1.92 bits per heavy atom. The molecule has 2 N–H and O–H groups in total. The number of aromatic amines is 1. The van der Waals surface area contributed by atoms with Crippen LogP contribution in [-0.2, 0) is 4.79 Å². The Labute approximate surface area is 146 Å². The van der Waals surface area contributed by atoms with Gasteiger partial charge in [-0.25, -0.2) is 0 Å². The van der Waals surface area contributed by atoms with Gasteiger partial charge in [0.2, 0.25) is 5.56 Å². The first-order chi connectivity index (χ1) is 12.1. The number of rotatable bonds is 2. The Balaban J connectivity index is 1.86. The van der Waals surface area contributed by atoms with E-state index in [1.165, 1.54) is 6.07 Å². The summed E-state index contributed by atoms with van der Waals surface area (Å²) in [6.07, 6.45) is 4.95. The predicted molar refractivity (Wildman–Crippen MR) is 96.9 cm³/mol. The van der Waals surface area contributed by atoms with Gasteiger partial charge >= 0.3 is 0 Å². The van der Waals surface area contributed by atoms with Gasteiger partial charge in [-0.1, -0.05) is 6.07 Å². The van der Waals surface area contributed by atoms with Crippen LogP contribution in [0, 0.1) is 0 Å². The molecule has 6 nitrogen and oxygen atoms in total. The zero-order chi connectivity index (χ0) is 17.4. The standard InChI is InChI=1S/C18H11N3O3S/c22-16-9-11(3-5-20-16)12-4-6-19-14-2-1-10(7-13(12)14)8-15-17(23)21-18(24)25-15/h1-9H,(H,20,22)(H,21,23,24). The van der Waals surface area contributed by atoms with Crippen molar-refractivity contribution in [2.45, 2.75) is 0 Å². The molecule has 7 heteroatoms. The molecule has 1 saturated heterocycles. The molecule has 4 rings (SSSR count). The Kier molecular flexibility index (Phi) is 3.70. The van der Waals surface area contributed by atoms with Gasteiger partial charge in [-0.2, -0.15) is 0 Å². The summed E-state index contributed by atoms with van der Waals surface area (Å²) < 4.78 is 0. The van der Waals surface area contributed by atoms with E-state index in [2.05, 4.69) is 15.3 Å². The number of benzene rings is 1. The number of nitrogens with one attached hydrogen (secondary N) is 2. The van der Waals surface area contributed by atoms with Gasteiger partial charge in [0.15, 0.2) is 0 Å². The van der Waals surface area contributed by atoms with E-state index in [1.54, 1.807) is 18.5 Å². The second-order valence-electron chi connectivity index (χ2n) is 5.43. The second kappa shape index (κ2) is 6.03. The molecule has 122 valence electrons. The molecule has 0 atom stereocenters. The van der Waals surface area contributed by atoms with E-state index >= 15 is 0 Å². The van der Waals surface area contributed by atoms with Crippen molar-refractivity contribution in [3.8, 4) is 11.1 Å². The maximum absolute atomic E-state index is 11.7. The third kappa shape index (κ3) is 2.97. The molecule has 0 radical (unpaired) electrons. The van der Waals surface area contributed by atoms with Gasteiger partial charge in [-0.05, 0) is 58.8 Å². The number of hydrogen-bond donors (Lipinski definition) is 2. The third-order valence-corrected chi connectivity index (χ3v) is 4.60. The molecule has 3 aromatic rings. The van der Waals surface area contributed by atoms with Gasteiger partial charge in [-0.15, -0.1) is 0 Å². The predicted octanol–water partition coefficient (Wildman–Crippen LogP) is 2.91. The molecule has 0 unspecified atom stereocenters. The SMILES string of the molecule is O=C1NC(=O)C(=Cc2ccc3nccc(-c4cc[nH]c(=O)c4)c3c2)S1. The van der Waals surface area contributed by atoms with E-state index in [0.717, 1.165) is 39.4 Å². The fourth-order valence-electron chi connectivity index (χ4n) is 2.69. The number of carbonyl (C=O) groups excluding carboxylic acids is 2. The lowest BCUT2D eigenvalue weighted by molar-refractivity contribution is -0.115. The van der Waals surface area contributed by atoms with E-state index in [4.69, 9.17) is 0 Å². The van der Waals surface area contributed by atoms with Crippen molar-refractivity contribution < 1.29 is 9.59 Å². The van der Waals surface area contributed by atoms with Gasteiger partial charge in [-0.3, -0.25) is 24.7 Å². The zero-order valence-electron chi connectivity index (χ0n) is 12.8. The Bertz CT molecular complexity index is 1120. The maximum Gasteiger partial charge on any atom is 0.290 e. The van der Waals surface area contributed by atoms with Crippen molar-refractivity contribution in [2.75, 3.05) is 0 Å². The van der Waals surface area contributed by atoms with Crippen LogP contribution in [0.2, 0.25) is 0 Å². The van der Waals surface area contributed by atoms with E-state index in [1.807, 2.05) is 30.3 Å². The number of imide groups is 1. The minimum atomic E-state index is -0.392. The summed E-state index contributed by atoms with van der Waals surface area (Å²) in [4.78, 5) is 41.9. The lowest BCUT2D eigenvalue weighted by Crippen LogP contribution is -2.17. The Morgan fingerprint density at radius 1 is 1.04 bits per heavy atom. The molecule has 25 heavy (non-hydrogen) atoms. The summed E-state index contributed by atoms with van der Waals surface area (Å²) in [6, 6.07) is 10.8. The summed E-state index contributed by atoms with van der Waals surface area (Å²) in [6.45, 7) is 0. The van der Waals surface area contributed by atoms with Crippen LogP contribution in [0.5, 0.6) is 0 Å². The minimum Gasteiger partial charge on any atom is -0.329 e. The minimum absolute atomic E-state index is 0.182. The molecule has 2 amide bonds. The molecular formula is C18H11N3O3S. The van der Waals surface area contributed by atoms with Crippen molar-refractivity contribution in [3.05, 3.63) is 69.6 Å². The second-order valence-corrected chi connectivity index (χ2v) is 6.44. The molecule has 0 spiro atoms. The largest absolute Gasteiger partial charge is 0.329 e. The molecule has 0 bridgehead atoms. The molecule has 2 aromatic heterocycles. The molecule has 1 aliphatic heterocycles. The fourth-order valence-corrected chi connectivity index (χ4v) is 3.37. The number of fused-ring (bicyclic) bond motifs is 1. The zero-order valence-corrected chi connectivity index (χ0v) is 13.6. The molecule has 0 saturated carbocycles. The number of hydrogen-bond acceptors (Lipinski definition) is 5. The smallest absolute Gasteiger partial charge is 0.290 e. The molecule has 1 aromatic carbocycles. The first-order valence-electron chi connectivity index (χ1n) is 7.43. The van der Waals surface area contributed by atoms with Crippen LogP contribution in [0.4, 0.5) is 4.79 Å². The molecule has 3 heterocycles. The first kappa shape index (κ1) is 15.3. The molecule has 1 aliphatic rings. The van der Waals surface area contributed by atoms with E-state index in [0.29, 0.717) is 4.91 Å². The van der Waals surface area contributed by atoms with Crippen LogP contribution >= 0.6 is 11.8 Å². The van der Waals surface area contributed by atoms with E-state index in [-0.39, 0.29) is 10.8 Å². The van der Waals surface area contributed by atoms with Crippen LogP contribution in [0.25, 0.3) is 28.1 Å². The lowest BCUT2D eigenvalue weighted by atomic mass is 10.0. The highest BCUT2D eigenvalue weighted by Crippen LogP contribution is 2.30. The summed E-state index contributed by atoms with van der Waals surface area (Å²) in [5.74, 6) is -0.392. The number of pyridine rings is 2. The highest BCUT2D eigenvalue weighted by atomic mass is 32.2. The number of amides is 2. The molecule has 0 aliphatic carbocycles. The maximum atomic E-state index is 11.7. The number of nitrogens with zero attached hydrogens (tertiary/aromatic N) is 1. The number of thioether (sulfide) groups is 1. The van der Waals surface area contributed by atoms with Crippen molar-refractivity contribution in [1.29, 1.82) is 0 Å². The molecule has 1 fully saturated rings. The number of carbonyl (C=O) groups is 2. The summed E-state index contributed by atoms with van der Waals surface area (Å²) in [5, 5.41) is 2.72. The quantitative estimate of drug-likeness (QED) is 0.694. The van der Waals surface area contributed by atoms with Crippen molar-refractivity contribution in [3.63, 3.8) is 0 Å². The van der Waals surface area contributed by atoms with Crippen LogP contribution in [-0.4, -0.2) is 21.1 Å². The number of aromatic nitrogens is 2. The van der Waals surface area contributed by atoms with Gasteiger partial charge < -0.3 is 4.98 Å². The molecular weight excluding hydrogens is 338 g/mol.